The lowest BCUT2D eigenvalue weighted by atomic mass is 10.3. The Morgan fingerprint density at radius 2 is 2.33 bits per heavy atom. The van der Waals surface area contributed by atoms with E-state index in [4.69, 9.17) is 0 Å². The van der Waals surface area contributed by atoms with Crippen molar-refractivity contribution in [2.75, 3.05) is 11.9 Å². The van der Waals surface area contributed by atoms with Crippen LogP contribution in [0.2, 0.25) is 0 Å². The number of likely N-dealkylation sites (N-methyl/N-ethyl adjacent to an activating group) is 1. The summed E-state index contributed by atoms with van der Waals surface area (Å²) in [7, 11) is 0. The molecule has 0 aliphatic rings. The molecule has 1 atom stereocenters. The second kappa shape index (κ2) is 5.29. The second-order valence-corrected chi connectivity index (χ2v) is 3.12. The lowest BCUT2D eigenvalue weighted by Gasteiger charge is -2.13. The zero-order valence-corrected chi connectivity index (χ0v) is 8.75. The number of rotatable bonds is 4. The van der Waals surface area contributed by atoms with E-state index < -0.39 is 5.82 Å². The molecule has 0 fully saturated rings. The predicted molar refractivity (Wildman–Crippen MR) is 56.0 cm³/mol. The molecule has 0 spiro atoms. The van der Waals surface area contributed by atoms with Crippen LogP contribution in [0.5, 0.6) is 0 Å². The Balaban J connectivity index is 2.54. The lowest BCUT2D eigenvalue weighted by molar-refractivity contribution is -0.121. The molecule has 1 unspecified atom stereocenters. The topological polar surface area (TPSA) is 54.0 Å². The van der Waals surface area contributed by atoms with E-state index in [9.17, 15) is 9.18 Å². The average Bonchev–Trinajstić information content (AvgIpc) is 2.22. The van der Waals surface area contributed by atoms with Crippen LogP contribution in [0, 0.1) is 5.82 Å². The summed E-state index contributed by atoms with van der Waals surface area (Å²) in [6.07, 6.45) is 1.10. The summed E-state index contributed by atoms with van der Waals surface area (Å²) in [4.78, 5) is 15.1. The number of nitrogens with zero attached hydrogens (tertiary/aromatic N) is 1. The van der Waals surface area contributed by atoms with Gasteiger partial charge in [0.05, 0.1) is 6.20 Å². The van der Waals surface area contributed by atoms with Gasteiger partial charge in [-0.2, -0.15) is 0 Å². The molecule has 1 aromatic heterocycles. The first-order valence-corrected chi connectivity index (χ1v) is 4.79. The van der Waals surface area contributed by atoms with Crippen LogP contribution in [-0.2, 0) is 4.79 Å². The fourth-order valence-electron chi connectivity index (χ4n) is 1.08. The molecule has 1 amide bonds. The van der Waals surface area contributed by atoms with Crippen LogP contribution in [0.4, 0.5) is 10.2 Å². The maximum Gasteiger partial charge on any atom is 0.242 e. The molecule has 4 nitrogen and oxygen atoms in total. The highest BCUT2D eigenvalue weighted by molar-refractivity contribution is 5.83. The summed E-state index contributed by atoms with van der Waals surface area (Å²) in [5, 5.41) is 5.54. The number of anilines is 1. The number of carbonyl (C=O) groups is 1. The number of hydrogen-bond donors (Lipinski definition) is 2. The van der Waals surface area contributed by atoms with Crippen LogP contribution >= 0.6 is 0 Å². The standard InChI is InChI=1S/C10H14FN3O/c1-3-12-10(15)7(2)14-9-5-4-8(11)6-13-9/h4-7H,3H2,1-2H3,(H,12,15)(H,13,14). The summed E-state index contributed by atoms with van der Waals surface area (Å²) in [6, 6.07) is 2.40. The Morgan fingerprint density at radius 1 is 1.60 bits per heavy atom. The van der Waals surface area contributed by atoms with Crippen LogP contribution in [0.15, 0.2) is 18.3 Å². The number of hydrogen-bond acceptors (Lipinski definition) is 3. The molecule has 0 aromatic carbocycles. The number of nitrogens with one attached hydrogen (secondary N) is 2. The minimum atomic E-state index is -0.397. The number of halogens is 1. The Hall–Kier alpha value is -1.65. The van der Waals surface area contributed by atoms with E-state index in [0.29, 0.717) is 12.4 Å². The number of amides is 1. The Kier molecular flexibility index (Phi) is 4.03. The molecule has 1 heterocycles. The van der Waals surface area contributed by atoms with Gasteiger partial charge in [-0.15, -0.1) is 0 Å². The molecule has 0 saturated carbocycles. The molecule has 0 aliphatic heterocycles. The molecule has 2 N–H and O–H groups in total. The van der Waals surface area contributed by atoms with Crippen LogP contribution in [-0.4, -0.2) is 23.5 Å². The minimum absolute atomic E-state index is 0.108. The Bertz CT molecular complexity index is 326. The molecule has 1 aromatic rings. The van der Waals surface area contributed by atoms with Crippen LogP contribution in [0.25, 0.3) is 0 Å². The van der Waals surface area contributed by atoms with Gasteiger partial charge in [-0.25, -0.2) is 9.37 Å². The summed E-state index contributed by atoms with van der Waals surface area (Å²) in [5.41, 5.74) is 0. The first-order valence-electron chi connectivity index (χ1n) is 4.79. The number of pyridine rings is 1. The molecule has 0 bridgehead atoms. The van der Waals surface area contributed by atoms with Crippen molar-refractivity contribution in [2.24, 2.45) is 0 Å². The predicted octanol–water partition coefficient (Wildman–Crippen LogP) is 1.16. The van der Waals surface area contributed by atoms with Crippen molar-refractivity contribution in [1.82, 2.24) is 10.3 Å². The maximum absolute atomic E-state index is 12.5. The van der Waals surface area contributed by atoms with Crippen LogP contribution < -0.4 is 10.6 Å². The van der Waals surface area contributed by atoms with Gasteiger partial charge in [0, 0.05) is 6.54 Å². The maximum atomic E-state index is 12.5. The van der Waals surface area contributed by atoms with Crippen molar-refractivity contribution in [3.8, 4) is 0 Å². The van der Waals surface area contributed by atoms with E-state index in [1.165, 1.54) is 12.1 Å². The van der Waals surface area contributed by atoms with Gasteiger partial charge in [0.1, 0.15) is 17.7 Å². The largest absolute Gasteiger partial charge is 0.359 e. The fraction of sp³-hybridized carbons (Fsp3) is 0.400. The Morgan fingerprint density at radius 3 is 2.87 bits per heavy atom. The first-order chi connectivity index (χ1) is 7.13. The van der Waals surface area contributed by atoms with Crippen molar-refractivity contribution >= 4 is 11.7 Å². The highest BCUT2D eigenvalue weighted by Crippen LogP contribution is 2.05. The van der Waals surface area contributed by atoms with Gasteiger partial charge in [-0.3, -0.25) is 4.79 Å². The highest BCUT2D eigenvalue weighted by Gasteiger charge is 2.11. The third-order valence-corrected chi connectivity index (χ3v) is 1.84. The van der Waals surface area contributed by atoms with Gasteiger partial charge in [-0.1, -0.05) is 0 Å². The first kappa shape index (κ1) is 11.4. The molecule has 0 saturated heterocycles. The van der Waals surface area contributed by atoms with Gasteiger partial charge in [-0.05, 0) is 26.0 Å². The monoisotopic (exact) mass is 211 g/mol. The van der Waals surface area contributed by atoms with Gasteiger partial charge in [0.15, 0.2) is 0 Å². The van der Waals surface area contributed by atoms with Gasteiger partial charge in [0.25, 0.3) is 0 Å². The van der Waals surface area contributed by atoms with E-state index in [1.807, 2.05) is 6.92 Å². The average molecular weight is 211 g/mol. The molecule has 0 aliphatic carbocycles. The van der Waals surface area contributed by atoms with Crippen molar-refractivity contribution in [3.05, 3.63) is 24.1 Å². The van der Waals surface area contributed by atoms with Crippen LogP contribution in [0.3, 0.4) is 0 Å². The summed E-state index contributed by atoms with van der Waals surface area (Å²) >= 11 is 0. The normalized spacial score (nSPS) is 11.9. The van der Waals surface area contributed by atoms with E-state index in [-0.39, 0.29) is 11.9 Å². The summed E-state index contributed by atoms with van der Waals surface area (Å²) < 4.78 is 12.5. The zero-order chi connectivity index (χ0) is 11.3. The van der Waals surface area contributed by atoms with E-state index in [2.05, 4.69) is 15.6 Å². The van der Waals surface area contributed by atoms with E-state index in [0.717, 1.165) is 6.20 Å². The van der Waals surface area contributed by atoms with Crippen LogP contribution in [0.1, 0.15) is 13.8 Å². The van der Waals surface area contributed by atoms with Crippen molar-refractivity contribution in [3.63, 3.8) is 0 Å². The molecule has 1 rings (SSSR count). The van der Waals surface area contributed by atoms with Gasteiger partial charge in [0.2, 0.25) is 5.91 Å². The Labute approximate surface area is 87.9 Å². The summed E-state index contributed by atoms with van der Waals surface area (Å²) in [6.45, 7) is 4.15. The third kappa shape index (κ3) is 3.53. The SMILES string of the molecule is CCNC(=O)C(C)Nc1ccc(F)cn1. The van der Waals surface area contributed by atoms with E-state index in [1.54, 1.807) is 6.92 Å². The molecular weight excluding hydrogens is 197 g/mol. The summed E-state index contributed by atoms with van der Waals surface area (Å²) in [5.74, 6) is -0.0232. The second-order valence-electron chi connectivity index (χ2n) is 3.12. The number of aromatic nitrogens is 1. The molecule has 0 radical (unpaired) electrons. The lowest BCUT2D eigenvalue weighted by Crippen LogP contribution is -2.37. The quantitative estimate of drug-likeness (QED) is 0.785. The van der Waals surface area contributed by atoms with Gasteiger partial charge >= 0.3 is 0 Å². The smallest absolute Gasteiger partial charge is 0.242 e. The zero-order valence-electron chi connectivity index (χ0n) is 8.75. The molecule has 82 valence electrons. The molecule has 15 heavy (non-hydrogen) atoms. The fourth-order valence-corrected chi connectivity index (χ4v) is 1.08. The van der Waals surface area contributed by atoms with Crippen molar-refractivity contribution in [2.45, 2.75) is 19.9 Å². The number of carbonyl (C=O) groups excluding carboxylic acids is 1. The third-order valence-electron chi connectivity index (χ3n) is 1.84. The minimum Gasteiger partial charge on any atom is -0.359 e. The highest BCUT2D eigenvalue weighted by atomic mass is 19.1. The van der Waals surface area contributed by atoms with Crippen molar-refractivity contribution < 1.29 is 9.18 Å². The van der Waals surface area contributed by atoms with Crippen molar-refractivity contribution in [1.29, 1.82) is 0 Å². The molecular formula is C10H14FN3O. The molecule has 5 heteroatoms. The van der Waals surface area contributed by atoms with Gasteiger partial charge < -0.3 is 10.6 Å². The van der Waals surface area contributed by atoms with E-state index >= 15 is 0 Å².